The number of carbonyl (C=O) groups is 1. The third kappa shape index (κ3) is 6.40. The molecule has 0 N–H and O–H groups in total. The van der Waals surface area contributed by atoms with Gasteiger partial charge in [-0.15, -0.1) is 0 Å². The zero-order valence-corrected chi connectivity index (χ0v) is 18.9. The summed E-state index contributed by atoms with van der Waals surface area (Å²) in [6.07, 6.45) is 1.09. The fourth-order valence-corrected chi connectivity index (χ4v) is 4.15. The Balaban J connectivity index is 1.63. The number of hydrogen-bond donors (Lipinski definition) is 0. The van der Waals surface area contributed by atoms with Gasteiger partial charge in [0.2, 0.25) is 5.91 Å². The van der Waals surface area contributed by atoms with Gasteiger partial charge in [0.15, 0.2) is 0 Å². The summed E-state index contributed by atoms with van der Waals surface area (Å²) < 4.78 is 42.9. The van der Waals surface area contributed by atoms with Crippen LogP contribution in [0, 0.1) is 5.82 Å². The summed E-state index contributed by atoms with van der Waals surface area (Å²) in [5.41, 5.74) is 1.98. The first-order valence-electron chi connectivity index (χ1n) is 10.4. The maximum Gasteiger partial charge on any atom is 0.339 e. The van der Waals surface area contributed by atoms with E-state index in [1.807, 2.05) is 44.2 Å². The highest BCUT2D eigenvalue weighted by Crippen LogP contribution is 2.21. The Kier molecular flexibility index (Phi) is 7.64. The lowest BCUT2D eigenvalue weighted by atomic mass is 10.1. The van der Waals surface area contributed by atoms with Crippen molar-refractivity contribution in [1.82, 2.24) is 4.90 Å². The van der Waals surface area contributed by atoms with E-state index in [1.165, 1.54) is 0 Å². The molecule has 3 aromatic carbocycles. The van der Waals surface area contributed by atoms with Crippen LogP contribution in [0.2, 0.25) is 0 Å². The van der Waals surface area contributed by atoms with Crippen molar-refractivity contribution in [2.75, 3.05) is 0 Å². The van der Waals surface area contributed by atoms with Crippen molar-refractivity contribution in [2.45, 2.75) is 44.2 Å². The van der Waals surface area contributed by atoms with Crippen LogP contribution in [0.4, 0.5) is 4.39 Å². The van der Waals surface area contributed by atoms with E-state index in [1.54, 1.807) is 29.2 Å². The predicted molar refractivity (Wildman–Crippen MR) is 121 cm³/mol. The van der Waals surface area contributed by atoms with Crippen molar-refractivity contribution in [3.8, 4) is 5.75 Å². The van der Waals surface area contributed by atoms with E-state index in [2.05, 4.69) is 0 Å². The first kappa shape index (κ1) is 23.5. The van der Waals surface area contributed by atoms with Crippen molar-refractivity contribution in [3.63, 3.8) is 0 Å². The summed E-state index contributed by atoms with van der Waals surface area (Å²) in [5.74, 6) is -0.325. The Hall–Kier alpha value is -3.19. The molecule has 0 atom stereocenters. The third-order valence-corrected chi connectivity index (χ3v) is 6.26. The van der Waals surface area contributed by atoms with Gasteiger partial charge in [0.1, 0.15) is 16.5 Å². The van der Waals surface area contributed by atoms with Crippen LogP contribution in [-0.4, -0.2) is 25.3 Å². The molecule has 0 aliphatic rings. The molecule has 0 saturated heterocycles. The quantitative estimate of drug-likeness (QED) is 0.428. The molecule has 0 unspecified atom stereocenters. The Morgan fingerprint density at radius 1 is 0.906 bits per heavy atom. The van der Waals surface area contributed by atoms with Gasteiger partial charge in [0.25, 0.3) is 0 Å². The molecule has 3 rings (SSSR count). The van der Waals surface area contributed by atoms with Crippen molar-refractivity contribution in [2.24, 2.45) is 0 Å². The van der Waals surface area contributed by atoms with Gasteiger partial charge in [-0.2, -0.15) is 8.42 Å². The van der Waals surface area contributed by atoms with Crippen LogP contribution in [0.1, 0.15) is 31.4 Å². The van der Waals surface area contributed by atoms with Gasteiger partial charge in [0.05, 0.1) is 0 Å². The van der Waals surface area contributed by atoms with Gasteiger partial charge in [-0.25, -0.2) is 4.39 Å². The lowest BCUT2D eigenvalue weighted by Gasteiger charge is -2.27. The second kappa shape index (κ2) is 10.4. The van der Waals surface area contributed by atoms with E-state index in [4.69, 9.17) is 4.18 Å². The number of aryl methyl sites for hydroxylation is 1. The fourth-order valence-electron chi connectivity index (χ4n) is 3.22. The number of amides is 1. The zero-order valence-electron chi connectivity index (χ0n) is 18.1. The first-order valence-corrected chi connectivity index (χ1v) is 11.8. The van der Waals surface area contributed by atoms with Crippen LogP contribution in [0.3, 0.4) is 0 Å². The number of hydrogen-bond acceptors (Lipinski definition) is 4. The molecular weight excluding hydrogens is 429 g/mol. The molecular formula is C25H26FNO4S. The zero-order chi connectivity index (χ0) is 23.1. The third-order valence-electron chi connectivity index (χ3n) is 5.00. The summed E-state index contributed by atoms with van der Waals surface area (Å²) in [6.45, 7) is 4.34. The van der Waals surface area contributed by atoms with Crippen LogP contribution in [0.5, 0.6) is 5.75 Å². The van der Waals surface area contributed by atoms with E-state index < -0.39 is 15.9 Å². The molecule has 3 aromatic rings. The predicted octanol–water partition coefficient (Wildman–Crippen LogP) is 4.96. The summed E-state index contributed by atoms with van der Waals surface area (Å²) in [5, 5.41) is 0. The number of rotatable bonds is 9. The Labute approximate surface area is 188 Å². The molecule has 1 amide bonds. The average molecular weight is 456 g/mol. The monoisotopic (exact) mass is 455 g/mol. The van der Waals surface area contributed by atoms with E-state index in [0.29, 0.717) is 19.4 Å². The SMILES string of the molecule is CC(C)N(Cc1ccc(OS(=O)(=O)c2ccc(F)cc2)cc1)C(=O)CCc1ccccc1. The van der Waals surface area contributed by atoms with Crippen molar-refractivity contribution in [3.05, 3.63) is 95.8 Å². The molecule has 32 heavy (non-hydrogen) atoms. The molecule has 5 nitrogen and oxygen atoms in total. The lowest BCUT2D eigenvalue weighted by Crippen LogP contribution is -2.36. The first-order chi connectivity index (χ1) is 15.2. The van der Waals surface area contributed by atoms with Crippen molar-refractivity contribution < 1.29 is 21.8 Å². The highest BCUT2D eigenvalue weighted by molar-refractivity contribution is 7.87. The largest absolute Gasteiger partial charge is 0.379 e. The van der Waals surface area contributed by atoms with Crippen molar-refractivity contribution in [1.29, 1.82) is 0 Å². The number of halogens is 1. The van der Waals surface area contributed by atoms with E-state index in [9.17, 15) is 17.6 Å². The lowest BCUT2D eigenvalue weighted by molar-refractivity contribution is -0.133. The minimum atomic E-state index is -4.06. The molecule has 0 aliphatic carbocycles. The van der Waals surface area contributed by atoms with Crippen LogP contribution in [0.25, 0.3) is 0 Å². The molecule has 0 bridgehead atoms. The van der Waals surface area contributed by atoms with Gasteiger partial charge in [0, 0.05) is 19.0 Å². The van der Waals surface area contributed by atoms with E-state index >= 15 is 0 Å². The van der Waals surface area contributed by atoms with E-state index in [0.717, 1.165) is 35.4 Å². The van der Waals surface area contributed by atoms with Crippen LogP contribution < -0.4 is 4.18 Å². The number of nitrogens with zero attached hydrogens (tertiary/aromatic N) is 1. The molecule has 7 heteroatoms. The van der Waals surface area contributed by atoms with Gasteiger partial charge in [-0.1, -0.05) is 42.5 Å². The highest BCUT2D eigenvalue weighted by atomic mass is 32.2. The highest BCUT2D eigenvalue weighted by Gasteiger charge is 2.19. The Bertz CT molecular complexity index is 1130. The van der Waals surface area contributed by atoms with Crippen molar-refractivity contribution >= 4 is 16.0 Å². The molecule has 0 fully saturated rings. The average Bonchev–Trinajstić information content (AvgIpc) is 2.77. The molecule has 0 heterocycles. The number of benzene rings is 3. The summed E-state index contributed by atoms with van der Waals surface area (Å²) in [6, 6.07) is 20.9. The summed E-state index contributed by atoms with van der Waals surface area (Å²) in [7, 11) is -4.06. The van der Waals surface area contributed by atoms with Gasteiger partial charge in [-0.3, -0.25) is 4.79 Å². The standard InChI is InChI=1S/C25H26FNO4S/c1-19(2)27(25(28)17-10-20-6-4-3-5-7-20)18-21-8-13-23(14-9-21)31-32(29,30)24-15-11-22(26)12-16-24/h3-9,11-16,19H,10,17-18H2,1-2H3. The van der Waals surface area contributed by atoms with Gasteiger partial charge in [-0.05, 0) is 67.8 Å². The second-order valence-corrected chi connectivity index (χ2v) is 9.28. The minimum absolute atomic E-state index is 0.0213. The molecule has 0 radical (unpaired) electrons. The number of carbonyl (C=O) groups excluding carboxylic acids is 1. The van der Waals surface area contributed by atoms with Crippen LogP contribution in [0.15, 0.2) is 83.8 Å². The molecule has 168 valence electrons. The summed E-state index contributed by atoms with van der Waals surface area (Å²) in [4.78, 5) is 14.5. The van der Waals surface area contributed by atoms with Gasteiger partial charge >= 0.3 is 10.1 Å². The maximum atomic E-state index is 13.0. The second-order valence-electron chi connectivity index (χ2n) is 7.74. The smallest absolute Gasteiger partial charge is 0.339 e. The normalized spacial score (nSPS) is 11.4. The van der Waals surface area contributed by atoms with Gasteiger partial charge < -0.3 is 9.08 Å². The van der Waals surface area contributed by atoms with E-state index in [-0.39, 0.29) is 22.6 Å². The molecule has 0 aliphatic heterocycles. The fraction of sp³-hybridized carbons (Fsp3) is 0.240. The topological polar surface area (TPSA) is 63.7 Å². The molecule has 0 spiro atoms. The summed E-state index contributed by atoms with van der Waals surface area (Å²) >= 11 is 0. The van der Waals surface area contributed by atoms with Crippen LogP contribution >= 0.6 is 0 Å². The maximum absolute atomic E-state index is 13.0. The minimum Gasteiger partial charge on any atom is -0.379 e. The Morgan fingerprint density at radius 3 is 2.12 bits per heavy atom. The molecule has 0 aromatic heterocycles. The Morgan fingerprint density at radius 2 is 1.53 bits per heavy atom. The molecule has 0 saturated carbocycles. The van der Waals surface area contributed by atoms with Crippen LogP contribution in [-0.2, 0) is 27.9 Å².